The molecule has 14 heteroatoms. The molecule has 1 N–H and O–H groups in total. The highest BCUT2D eigenvalue weighted by molar-refractivity contribution is 7.18. The van der Waals surface area contributed by atoms with E-state index in [1.807, 2.05) is 11.9 Å². The maximum absolute atomic E-state index is 13.9. The third-order valence-corrected chi connectivity index (χ3v) is 10.3. The summed E-state index contributed by atoms with van der Waals surface area (Å²) in [6.07, 6.45) is 0.655. The monoisotopic (exact) mass is 685 g/mol. The Balaban J connectivity index is 1.21. The van der Waals surface area contributed by atoms with Gasteiger partial charge in [0.1, 0.15) is 23.3 Å². The maximum Gasteiger partial charge on any atom is 0.338 e. The van der Waals surface area contributed by atoms with E-state index in [0.717, 1.165) is 5.56 Å². The summed E-state index contributed by atoms with van der Waals surface area (Å²) in [7, 11) is 1.82. The molecule has 0 amide bonds. The number of rotatable bonds is 7. The highest BCUT2D eigenvalue weighted by atomic mass is 35.5. The van der Waals surface area contributed by atoms with Crippen molar-refractivity contribution in [2.24, 2.45) is 11.8 Å². The molecule has 242 valence electrons. The van der Waals surface area contributed by atoms with Gasteiger partial charge in [0.05, 0.1) is 46.0 Å². The minimum atomic E-state index is -2.38. The number of pyridine rings is 2. The Hall–Kier alpha value is -4.95. The fourth-order valence-electron chi connectivity index (χ4n) is 6.87. The van der Waals surface area contributed by atoms with Gasteiger partial charge in [-0.25, -0.2) is 23.5 Å². The molecule has 1 aliphatic carbocycles. The number of carboxylic acids is 1. The van der Waals surface area contributed by atoms with Gasteiger partial charge in [-0.3, -0.25) is 19.2 Å². The number of anilines is 1. The van der Waals surface area contributed by atoms with Crippen LogP contribution in [0.25, 0.3) is 32.2 Å². The van der Waals surface area contributed by atoms with E-state index in [-0.39, 0.29) is 47.5 Å². The topological polar surface area (TPSA) is 128 Å². The predicted octanol–water partition coefficient (Wildman–Crippen LogP) is 5.28. The van der Waals surface area contributed by atoms with Gasteiger partial charge in [0.2, 0.25) is 0 Å². The number of benzene rings is 1. The van der Waals surface area contributed by atoms with Crippen LogP contribution in [-0.4, -0.2) is 74.6 Å². The molecule has 1 aromatic carbocycles. The Kier molecular flexibility index (Phi) is 8.08. The first kappa shape index (κ1) is 31.6. The molecule has 5 aromatic rings. The molecule has 1 unspecified atom stereocenters. The minimum absolute atomic E-state index is 0.0191. The zero-order valence-electron chi connectivity index (χ0n) is 25.6. The summed E-state index contributed by atoms with van der Waals surface area (Å²) in [4.78, 5) is 42.6. The van der Waals surface area contributed by atoms with E-state index in [1.54, 1.807) is 47.7 Å². The normalized spacial score (nSPS) is 18.5. The lowest BCUT2D eigenvalue weighted by molar-refractivity contribution is 0.0699. The second-order valence-corrected chi connectivity index (χ2v) is 13.2. The lowest BCUT2D eigenvalue weighted by Crippen LogP contribution is -2.35. The van der Waals surface area contributed by atoms with Gasteiger partial charge in [-0.2, -0.15) is 5.26 Å². The molecule has 1 saturated heterocycles. The van der Waals surface area contributed by atoms with Crippen LogP contribution < -0.4 is 10.5 Å². The van der Waals surface area contributed by atoms with E-state index in [4.69, 9.17) is 11.6 Å². The van der Waals surface area contributed by atoms with Crippen molar-refractivity contribution in [3.63, 3.8) is 0 Å². The van der Waals surface area contributed by atoms with Gasteiger partial charge < -0.3 is 10.0 Å². The summed E-state index contributed by atoms with van der Waals surface area (Å²) in [5.41, 5.74) is 2.51. The highest BCUT2D eigenvalue weighted by Crippen LogP contribution is 2.50. The number of fused-ring (bicyclic) bond motifs is 3. The van der Waals surface area contributed by atoms with Gasteiger partial charge in [-0.15, -0.1) is 11.3 Å². The zero-order chi connectivity index (χ0) is 33.9. The number of aromatic carboxylic acids is 1. The SMILES string of the molecule is Cc1nc2cnc(N(C)C3[C@H]4CN(CC(F)F)C[C@@H]34)c(C#N)c2c(=O)n1CC#Cc1ccc(Cl)cc1-c1ccnc2c(C(=O)O)csc12. The number of hydrogen-bond acceptors (Lipinski definition) is 9. The minimum Gasteiger partial charge on any atom is -0.478 e. The van der Waals surface area contributed by atoms with Crippen LogP contribution >= 0.6 is 22.9 Å². The van der Waals surface area contributed by atoms with Crippen LogP contribution in [0.4, 0.5) is 14.6 Å². The van der Waals surface area contributed by atoms with Crippen molar-refractivity contribution < 1.29 is 18.7 Å². The number of carboxylic acid groups (broad SMARTS) is 1. The van der Waals surface area contributed by atoms with Gasteiger partial charge >= 0.3 is 5.97 Å². The fraction of sp³-hybridized carbons (Fsp3) is 0.294. The van der Waals surface area contributed by atoms with Crippen LogP contribution in [0.1, 0.15) is 27.3 Å². The number of nitrogens with zero attached hydrogens (tertiary/aromatic N) is 7. The number of piperidine rings is 1. The molecular formula is C34H26ClF2N7O3S. The van der Waals surface area contributed by atoms with Crippen molar-refractivity contribution in [3.05, 3.63) is 79.9 Å². The molecule has 2 aliphatic rings. The smallest absolute Gasteiger partial charge is 0.338 e. The summed E-state index contributed by atoms with van der Waals surface area (Å²) in [6, 6.07) is 9.21. The average molecular weight is 686 g/mol. The lowest BCUT2D eigenvalue weighted by atomic mass is 10.00. The first-order valence-electron chi connectivity index (χ1n) is 15.0. The van der Waals surface area contributed by atoms with Gasteiger partial charge in [0.15, 0.2) is 0 Å². The van der Waals surface area contributed by atoms with E-state index >= 15 is 0 Å². The number of halogens is 3. The van der Waals surface area contributed by atoms with E-state index in [1.165, 1.54) is 22.1 Å². The van der Waals surface area contributed by atoms with Gasteiger partial charge in [0.25, 0.3) is 12.0 Å². The van der Waals surface area contributed by atoms with Crippen molar-refractivity contribution in [1.29, 1.82) is 5.26 Å². The highest BCUT2D eigenvalue weighted by Gasteiger charge is 2.58. The van der Waals surface area contributed by atoms with Crippen LogP contribution in [0.2, 0.25) is 5.02 Å². The van der Waals surface area contributed by atoms with E-state index < -0.39 is 18.0 Å². The summed E-state index contributed by atoms with van der Waals surface area (Å²) < 4.78 is 27.8. The van der Waals surface area contributed by atoms with E-state index in [2.05, 4.69) is 32.9 Å². The first-order valence-corrected chi connectivity index (χ1v) is 16.2. The number of nitriles is 1. The number of likely N-dealkylation sites (tertiary alicyclic amines) is 1. The summed E-state index contributed by atoms with van der Waals surface area (Å²) in [5.74, 6) is 6.29. The van der Waals surface area contributed by atoms with Crippen molar-refractivity contribution in [1.82, 2.24) is 24.4 Å². The molecule has 0 spiro atoms. The van der Waals surface area contributed by atoms with E-state index in [0.29, 0.717) is 56.6 Å². The molecule has 5 heterocycles. The van der Waals surface area contributed by atoms with Crippen molar-refractivity contribution >= 4 is 55.8 Å². The van der Waals surface area contributed by atoms with Gasteiger partial charge in [0, 0.05) is 59.5 Å². The zero-order valence-corrected chi connectivity index (χ0v) is 27.2. The first-order chi connectivity index (χ1) is 23.1. The molecule has 2 fully saturated rings. The predicted molar refractivity (Wildman–Crippen MR) is 179 cm³/mol. The molecule has 3 atom stereocenters. The third-order valence-electron chi connectivity index (χ3n) is 9.10. The fourth-order valence-corrected chi connectivity index (χ4v) is 8.07. The number of aromatic nitrogens is 4. The third kappa shape index (κ3) is 5.44. The number of aryl methyl sites for hydroxylation is 1. The van der Waals surface area contributed by atoms with Crippen LogP contribution in [-0.2, 0) is 6.54 Å². The summed E-state index contributed by atoms with van der Waals surface area (Å²) >= 11 is 7.64. The molecule has 0 radical (unpaired) electrons. The number of thiophene rings is 1. The Morgan fingerprint density at radius 2 is 2.00 bits per heavy atom. The van der Waals surface area contributed by atoms with E-state index in [9.17, 15) is 28.7 Å². The van der Waals surface area contributed by atoms with Crippen LogP contribution in [0.15, 0.2) is 46.8 Å². The van der Waals surface area contributed by atoms with Crippen LogP contribution in [0.5, 0.6) is 0 Å². The summed E-state index contributed by atoms with van der Waals surface area (Å²) in [6.45, 7) is 2.54. The largest absolute Gasteiger partial charge is 0.478 e. The van der Waals surface area contributed by atoms with Crippen molar-refractivity contribution in [3.8, 4) is 29.0 Å². The van der Waals surface area contributed by atoms with Gasteiger partial charge in [-0.05, 0) is 43.0 Å². The Morgan fingerprint density at radius 3 is 2.71 bits per heavy atom. The summed E-state index contributed by atoms with van der Waals surface area (Å²) in [5, 5.41) is 22.0. The van der Waals surface area contributed by atoms with Crippen LogP contribution in [0, 0.1) is 41.9 Å². The molecule has 10 nitrogen and oxygen atoms in total. The van der Waals surface area contributed by atoms with Gasteiger partial charge in [-0.1, -0.05) is 23.4 Å². The molecule has 48 heavy (non-hydrogen) atoms. The molecule has 7 rings (SSSR count). The quantitative estimate of drug-likeness (QED) is 0.228. The van der Waals surface area contributed by atoms with Crippen molar-refractivity contribution in [2.45, 2.75) is 25.9 Å². The average Bonchev–Trinajstić information content (AvgIpc) is 3.33. The standard InChI is InChI=1S/C34H26ClF2N7O3S/c1-17-41-26-12-40-32(42(2)30-23-13-43(14-24(23)30)15-27(36)37)22(11-38)28(26)33(45)44(17)9-3-4-18-5-6-19(35)10-21(18)20-7-8-39-29-25(34(46)47)16-48-31(20)29/h5-8,10,12,16,23-24,27,30H,9,13-15H2,1-2H3,(H,46,47)/t23-,24+,30?. The number of carbonyl (C=O) groups is 1. The molecular weight excluding hydrogens is 660 g/mol. The number of hydrogen-bond donors (Lipinski definition) is 1. The number of alkyl halides is 2. The molecule has 4 aromatic heterocycles. The van der Waals surface area contributed by atoms with Crippen molar-refractivity contribution in [2.75, 3.05) is 31.6 Å². The maximum atomic E-state index is 13.9. The lowest BCUT2D eigenvalue weighted by Gasteiger charge is -2.25. The molecule has 1 saturated carbocycles. The Morgan fingerprint density at radius 1 is 1.23 bits per heavy atom. The second kappa shape index (κ2) is 12.3. The van der Waals surface area contributed by atoms with Crippen LogP contribution in [0.3, 0.4) is 0 Å². The Labute approximate surface area is 281 Å². The second-order valence-electron chi connectivity index (χ2n) is 11.9. The Bertz CT molecular complexity index is 2300. The molecule has 1 aliphatic heterocycles. The molecule has 0 bridgehead atoms.